The van der Waals surface area contributed by atoms with E-state index >= 15 is 0 Å². The highest BCUT2D eigenvalue weighted by Crippen LogP contribution is 2.28. The van der Waals surface area contributed by atoms with Gasteiger partial charge in [0.2, 0.25) is 0 Å². The number of aromatic hydroxyl groups is 1. The van der Waals surface area contributed by atoms with Crippen molar-refractivity contribution in [3.05, 3.63) is 27.7 Å². The number of hydrogen-bond acceptors (Lipinski definition) is 2. The van der Waals surface area contributed by atoms with Crippen LogP contribution in [-0.4, -0.2) is 23.1 Å². The Morgan fingerprint density at radius 1 is 1.41 bits per heavy atom. The zero-order valence-corrected chi connectivity index (χ0v) is 12.7. The Labute approximate surface area is 113 Å². The average molecular weight is 300 g/mol. The zero-order valence-electron chi connectivity index (χ0n) is 11.1. The quantitative estimate of drug-likeness (QED) is 0.885. The number of benzene rings is 1. The number of phenols is 1. The molecule has 0 saturated heterocycles. The monoisotopic (exact) mass is 299 g/mol. The molecule has 2 nitrogen and oxygen atoms in total. The Hall–Kier alpha value is -0.540. The van der Waals surface area contributed by atoms with E-state index in [-0.39, 0.29) is 0 Å². The van der Waals surface area contributed by atoms with Crippen LogP contribution in [-0.2, 0) is 6.54 Å². The van der Waals surface area contributed by atoms with Gasteiger partial charge in [-0.05, 0) is 45.0 Å². The molecule has 0 aliphatic carbocycles. The molecule has 1 aromatic carbocycles. The Morgan fingerprint density at radius 2 is 2.06 bits per heavy atom. The zero-order chi connectivity index (χ0) is 13.0. The van der Waals surface area contributed by atoms with Crippen LogP contribution in [0.4, 0.5) is 0 Å². The van der Waals surface area contributed by atoms with Crippen LogP contribution in [0, 0.1) is 6.92 Å². The Morgan fingerprint density at radius 3 is 2.65 bits per heavy atom. The third-order valence-electron chi connectivity index (χ3n) is 3.22. The van der Waals surface area contributed by atoms with E-state index in [1.165, 1.54) is 12.8 Å². The Kier molecular flexibility index (Phi) is 5.47. The maximum atomic E-state index is 10.0. The lowest BCUT2D eigenvalue weighted by Gasteiger charge is -2.25. The second-order valence-corrected chi connectivity index (χ2v) is 5.70. The van der Waals surface area contributed by atoms with E-state index in [0.717, 1.165) is 22.1 Å². The molecule has 0 aliphatic rings. The molecule has 1 N–H and O–H groups in total. The molecule has 0 bridgehead atoms. The SMILES string of the molecule is CCCC(C)N(C)Cc1cc(Br)cc(C)c1O. The van der Waals surface area contributed by atoms with Gasteiger partial charge in [-0.3, -0.25) is 4.90 Å². The van der Waals surface area contributed by atoms with E-state index in [0.29, 0.717) is 11.8 Å². The molecule has 0 saturated carbocycles. The second kappa shape index (κ2) is 6.41. The summed E-state index contributed by atoms with van der Waals surface area (Å²) in [5, 5.41) is 10.0. The molecule has 1 aromatic rings. The van der Waals surface area contributed by atoms with Gasteiger partial charge in [-0.25, -0.2) is 0 Å². The van der Waals surface area contributed by atoms with Gasteiger partial charge >= 0.3 is 0 Å². The number of nitrogens with zero attached hydrogens (tertiary/aromatic N) is 1. The topological polar surface area (TPSA) is 23.5 Å². The van der Waals surface area contributed by atoms with Crippen LogP contribution in [0.5, 0.6) is 5.75 Å². The van der Waals surface area contributed by atoms with Crippen molar-refractivity contribution in [1.82, 2.24) is 4.90 Å². The molecule has 0 amide bonds. The molecule has 0 fully saturated rings. The predicted molar refractivity (Wildman–Crippen MR) is 76.4 cm³/mol. The first kappa shape index (κ1) is 14.5. The summed E-state index contributed by atoms with van der Waals surface area (Å²) in [5.41, 5.74) is 1.91. The molecular weight excluding hydrogens is 278 g/mol. The number of phenolic OH excluding ortho intramolecular Hbond substituents is 1. The normalized spacial score (nSPS) is 13.1. The van der Waals surface area contributed by atoms with Crippen molar-refractivity contribution in [2.24, 2.45) is 0 Å². The van der Waals surface area contributed by atoms with Crippen molar-refractivity contribution in [1.29, 1.82) is 0 Å². The number of halogens is 1. The summed E-state index contributed by atoms with van der Waals surface area (Å²) in [5.74, 6) is 0.420. The summed E-state index contributed by atoms with van der Waals surface area (Å²) >= 11 is 3.48. The molecule has 0 aliphatic heterocycles. The largest absolute Gasteiger partial charge is 0.507 e. The first-order valence-corrected chi connectivity index (χ1v) is 6.93. The summed E-state index contributed by atoms with van der Waals surface area (Å²) in [6.45, 7) is 7.14. The predicted octanol–water partition coefficient (Wildman–Crippen LogP) is 4.08. The van der Waals surface area contributed by atoms with Crippen molar-refractivity contribution < 1.29 is 5.11 Å². The smallest absolute Gasteiger partial charge is 0.123 e. The molecule has 17 heavy (non-hydrogen) atoms. The minimum absolute atomic E-state index is 0.420. The third kappa shape index (κ3) is 4.00. The maximum absolute atomic E-state index is 10.0. The number of aryl methyl sites for hydroxylation is 1. The van der Waals surface area contributed by atoms with Gasteiger partial charge in [-0.1, -0.05) is 29.3 Å². The van der Waals surface area contributed by atoms with Crippen molar-refractivity contribution in [2.45, 2.75) is 46.2 Å². The van der Waals surface area contributed by atoms with Gasteiger partial charge in [0, 0.05) is 22.6 Å². The average Bonchev–Trinajstić information content (AvgIpc) is 2.25. The van der Waals surface area contributed by atoms with Gasteiger partial charge in [-0.2, -0.15) is 0 Å². The first-order chi connectivity index (χ1) is 7.95. The van der Waals surface area contributed by atoms with Crippen molar-refractivity contribution in [2.75, 3.05) is 7.05 Å². The van der Waals surface area contributed by atoms with E-state index in [4.69, 9.17) is 0 Å². The van der Waals surface area contributed by atoms with Crippen molar-refractivity contribution in [3.8, 4) is 5.75 Å². The van der Waals surface area contributed by atoms with E-state index in [2.05, 4.69) is 41.7 Å². The highest BCUT2D eigenvalue weighted by Gasteiger charge is 2.12. The molecule has 0 radical (unpaired) electrons. The number of rotatable bonds is 5. The van der Waals surface area contributed by atoms with E-state index < -0.39 is 0 Å². The standard InChI is InChI=1S/C14H22BrNO/c1-5-6-11(3)16(4)9-12-8-13(15)7-10(2)14(12)17/h7-8,11,17H,5-6,9H2,1-4H3. The molecule has 0 spiro atoms. The van der Waals surface area contributed by atoms with Crippen LogP contribution in [0.3, 0.4) is 0 Å². The summed E-state index contributed by atoms with van der Waals surface area (Å²) in [6.07, 6.45) is 2.37. The minimum atomic E-state index is 0.420. The van der Waals surface area contributed by atoms with Crippen LogP contribution >= 0.6 is 15.9 Å². The molecular formula is C14H22BrNO. The summed E-state index contributed by atoms with van der Waals surface area (Å²) < 4.78 is 1.03. The highest BCUT2D eigenvalue weighted by atomic mass is 79.9. The molecule has 96 valence electrons. The van der Waals surface area contributed by atoms with Gasteiger partial charge in [0.1, 0.15) is 5.75 Å². The van der Waals surface area contributed by atoms with E-state index in [9.17, 15) is 5.11 Å². The molecule has 0 heterocycles. The third-order valence-corrected chi connectivity index (χ3v) is 3.68. The minimum Gasteiger partial charge on any atom is -0.507 e. The van der Waals surface area contributed by atoms with Gasteiger partial charge in [0.15, 0.2) is 0 Å². The van der Waals surface area contributed by atoms with E-state index in [1.54, 1.807) is 0 Å². The number of hydrogen-bond donors (Lipinski definition) is 1. The lowest BCUT2D eigenvalue weighted by molar-refractivity contribution is 0.234. The molecule has 1 atom stereocenters. The maximum Gasteiger partial charge on any atom is 0.123 e. The van der Waals surface area contributed by atoms with Gasteiger partial charge in [0.05, 0.1) is 0 Å². The fourth-order valence-electron chi connectivity index (χ4n) is 1.99. The Bertz CT molecular complexity index is 379. The first-order valence-electron chi connectivity index (χ1n) is 6.14. The lowest BCUT2D eigenvalue weighted by atomic mass is 10.1. The molecule has 3 heteroatoms. The fraction of sp³-hybridized carbons (Fsp3) is 0.571. The fourth-order valence-corrected chi connectivity index (χ4v) is 2.61. The van der Waals surface area contributed by atoms with Gasteiger partial charge < -0.3 is 5.11 Å². The van der Waals surface area contributed by atoms with Gasteiger partial charge in [-0.15, -0.1) is 0 Å². The van der Waals surface area contributed by atoms with Crippen LogP contribution in [0.1, 0.15) is 37.8 Å². The summed E-state index contributed by atoms with van der Waals surface area (Å²) in [6, 6.07) is 4.48. The second-order valence-electron chi connectivity index (χ2n) is 4.78. The van der Waals surface area contributed by atoms with Crippen molar-refractivity contribution in [3.63, 3.8) is 0 Å². The molecule has 1 rings (SSSR count). The van der Waals surface area contributed by atoms with Crippen LogP contribution < -0.4 is 0 Å². The van der Waals surface area contributed by atoms with Crippen LogP contribution in [0.2, 0.25) is 0 Å². The highest BCUT2D eigenvalue weighted by molar-refractivity contribution is 9.10. The van der Waals surface area contributed by atoms with Gasteiger partial charge in [0.25, 0.3) is 0 Å². The van der Waals surface area contributed by atoms with Crippen LogP contribution in [0.15, 0.2) is 16.6 Å². The van der Waals surface area contributed by atoms with Crippen molar-refractivity contribution >= 4 is 15.9 Å². The Balaban J connectivity index is 2.81. The van der Waals surface area contributed by atoms with E-state index in [1.807, 2.05) is 19.1 Å². The summed E-state index contributed by atoms with van der Waals surface area (Å²) in [7, 11) is 2.11. The lowest BCUT2D eigenvalue weighted by Crippen LogP contribution is -2.28. The molecule has 0 aromatic heterocycles. The molecule has 1 unspecified atom stereocenters. The van der Waals surface area contributed by atoms with Crippen LogP contribution in [0.25, 0.3) is 0 Å². The summed E-state index contributed by atoms with van der Waals surface area (Å²) in [4.78, 5) is 2.28.